The fraction of sp³-hybridized carbons (Fsp3) is 0.562. The molecule has 2 saturated carbocycles. The number of benzene rings is 1. The number of hydrogen-bond acceptors (Lipinski definition) is 2. The molecule has 0 amide bonds. The van der Waals surface area contributed by atoms with Crippen LogP contribution in [-0.2, 0) is 4.79 Å². The number of nitrogens with one attached hydrogen (secondary N) is 1. The van der Waals surface area contributed by atoms with E-state index in [2.05, 4.69) is 5.32 Å². The number of rotatable bonds is 4. The van der Waals surface area contributed by atoms with E-state index in [0.29, 0.717) is 21.9 Å². The van der Waals surface area contributed by atoms with Crippen molar-refractivity contribution in [1.82, 2.24) is 5.32 Å². The van der Waals surface area contributed by atoms with Gasteiger partial charge in [0.2, 0.25) is 0 Å². The van der Waals surface area contributed by atoms with Crippen LogP contribution in [0.1, 0.15) is 37.8 Å². The first-order valence-corrected chi connectivity index (χ1v) is 8.16. The van der Waals surface area contributed by atoms with Crippen molar-refractivity contribution in [3.05, 3.63) is 33.8 Å². The SMILES string of the molecule is CC(NC1C2CCC(C2)C1C(=O)O)c1ccc(Cl)cc1Cl. The van der Waals surface area contributed by atoms with E-state index in [1.165, 1.54) is 0 Å². The van der Waals surface area contributed by atoms with Crippen molar-refractivity contribution in [2.45, 2.75) is 38.3 Å². The first-order chi connectivity index (χ1) is 9.97. The third-order valence-corrected chi connectivity index (χ3v) is 5.64. The Morgan fingerprint density at radius 3 is 2.71 bits per heavy atom. The third-order valence-electron chi connectivity index (χ3n) is 5.07. The number of carboxylic acids is 1. The van der Waals surface area contributed by atoms with Crippen molar-refractivity contribution >= 4 is 29.2 Å². The van der Waals surface area contributed by atoms with E-state index in [4.69, 9.17) is 23.2 Å². The molecule has 21 heavy (non-hydrogen) atoms. The number of hydrogen-bond donors (Lipinski definition) is 2. The molecule has 0 aromatic heterocycles. The van der Waals surface area contributed by atoms with Crippen molar-refractivity contribution < 1.29 is 9.90 Å². The van der Waals surface area contributed by atoms with Gasteiger partial charge >= 0.3 is 5.97 Å². The van der Waals surface area contributed by atoms with E-state index in [1.54, 1.807) is 6.07 Å². The minimum atomic E-state index is -0.672. The summed E-state index contributed by atoms with van der Waals surface area (Å²) in [4.78, 5) is 11.5. The van der Waals surface area contributed by atoms with Gasteiger partial charge in [-0.1, -0.05) is 29.3 Å². The number of fused-ring (bicyclic) bond motifs is 2. The molecule has 5 heteroatoms. The summed E-state index contributed by atoms with van der Waals surface area (Å²) in [6.07, 6.45) is 3.22. The molecule has 114 valence electrons. The molecule has 2 aliphatic carbocycles. The molecule has 3 rings (SSSR count). The van der Waals surface area contributed by atoms with Gasteiger partial charge in [0, 0.05) is 22.1 Å². The Morgan fingerprint density at radius 2 is 2.05 bits per heavy atom. The molecular weight excluding hydrogens is 309 g/mol. The van der Waals surface area contributed by atoms with Crippen LogP contribution in [-0.4, -0.2) is 17.1 Å². The molecule has 5 atom stereocenters. The smallest absolute Gasteiger partial charge is 0.308 e. The largest absolute Gasteiger partial charge is 0.481 e. The molecule has 0 saturated heterocycles. The van der Waals surface area contributed by atoms with Crippen LogP contribution < -0.4 is 5.32 Å². The first kappa shape index (κ1) is 15.1. The lowest BCUT2D eigenvalue weighted by Crippen LogP contribution is -2.45. The van der Waals surface area contributed by atoms with Crippen molar-refractivity contribution in [3.8, 4) is 0 Å². The normalized spacial score (nSPS) is 32.3. The van der Waals surface area contributed by atoms with E-state index in [-0.39, 0.29) is 18.0 Å². The molecular formula is C16H19Cl2NO2. The quantitative estimate of drug-likeness (QED) is 0.873. The average Bonchev–Trinajstić information content (AvgIpc) is 2.98. The summed E-state index contributed by atoms with van der Waals surface area (Å²) in [5, 5.41) is 14.2. The number of carbonyl (C=O) groups is 1. The zero-order valence-electron chi connectivity index (χ0n) is 11.9. The van der Waals surface area contributed by atoms with Gasteiger partial charge < -0.3 is 10.4 Å². The van der Waals surface area contributed by atoms with Crippen LogP contribution in [0.3, 0.4) is 0 Å². The highest BCUT2D eigenvalue weighted by Crippen LogP contribution is 2.49. The van der Waals surface area contributed by atoms with E-state index in [0.717, 1.165) is 24.8 Å². The summed E-state index contributed by atoms with van der Waals surface area (Å²) in [7, 11) is 0. The van der Waals surface area contributed by atoms with E-state index in [1.807, 2.05) is 19.1 Å². The fourth-order valence-corrected chi connectivity index (χ4v) is 4.69. The topological polar surface area (TPSA) is 49.3 Å². The summed E-state index contributed by atoms with van der Waals surface area (Å²) in [6.45, 7) is 2.03. The van der Waals surface area contributed by atoms with Gasteiger partial charge in [0.25, 0.3) is 0 Å². The Labute approximate surface area is 134 Å². The summed E-state index contributed by atoms with van der Waals surface area (Å²) in [5.74, 6) is -0.131. The second kappa shape index (κ2) is 5.79. The van der Waals surface area contributed by atoms with Gasteiger partial charge in [-0.2, -0.15) is 0 Å². The molecule has 2 fully saturated rings. The van der Waals surface area contributed by atoms with Gasteiger partial charge in [0.05, 0.1) is 5.92 Å². The highest BCUT2D eigenvalue weighted by Gasteiger charge is 2.51. The summed E-state index contributed by atoms with van der Waals surface area (Å²) in [5.41, 5.74) is 0.966. The molecule has 5 unspecified atom stereocenters. The molecule has 2 N–H and O–H groups in total. The molecule has 1 aromatic carbocycles. The molecule has 3 nitrogen and oxygen atoms in total. The lowest BCUT2D eigenvalue weighted by Gasteiger charge is -2.32. The molecule has 0 aliphatic heterocycles. The van der Waals surface area contributed by atoms with Crippen molar-refractivity contribution in [3.63, 3.8) is 0 Å². The first-order valence-electron chi connectivity index (χ1n) is 7.41. The Morgan fingerprint density at radius 1 is 1.33 bits per heavy atom. The van der Waals surface area contributed by atoms with Crippen molar-refractivity contribution in [2.24, 2.45) is 17.8 Å². The monoisotopic (exact) mass is 327 g/mol. The highest BCUT2D eigenvalue weighted by molar-refractivity contribution is 6.35. The lowest BCUT2D eigenvalue weighted by molar-refractivity contribution is -0.144. The molecule has 2 bridgehead atoms. The highest BCUT2D eigenvalue weighted by atomic mass is 35.5. The Kier molecular flexibility index (Phi) is 4.17. The summed E-state index contributed by atoms with van der Waals surface area (Å²) < 4.78 is 0. The molecule has 0 spiro atoms. The standard InChI is InChI=1S/C16H19Cl2NO2/c1-8(12-5-4-11(17)7-13(12)18)19-15-10-3-2-9(6-10)14(15)16(20)21/h4-5,7-10,14-15,19H,2-3,6H2,1H3,(H,20,21). The molecule has 0 heterocycles. The number of carboxylic acid groups (broad SMARTS) is 1. The third kappa shape index (κ3) is 2.79. The maximum atomic E-state index is 11.5. The van der Waals surface area contributed by atoms with Crippen molar-refractivity contribution in [1.29, 1.82) is 0 Å². The van der Waals surface area contributed by atoms with E-state index >= 15 is 0 Å². The van der Waals surface area contributed by atoms with Gasteiger partial charge in [-0.05, 0) is 55.7 Å². The summed E-state index contributed by atoms with van der Waals surface area (Å²) >= 11 is 12.2. The second-order valence-electron chi connectivity index (χ2n) is 6.28. The second-order valence-corrected chi connectivity index (χ2v) is 7.12. The van der Waals surface area contributed by atoms with Crippen LogP contribution >= 0.6 is 23.2 Å². The van der Waals surface area contributed by atoms with Gasteiger partial charge in [0.1, 0.15) is 0 Å². The lowest BCUT2D eigenvalue weighted by atomic mass is 9.84. The Balaban J connectivity index is 1.77. The van der Waals surface area contributed by atoms with Crippen molar-refractivity contribution in [2.75, 3.05) is 0 Å². The Bertz CT molecular complexity index is 563. The maximum absolute atomic E-state index is 11.5. The van der Waals surface area contributed by atoms with Crippen LogP contribution in [0.4, 0.5) is 0 Å². The van der Waals surface area contributed by atoms with Crippen LogP contribution in [0.25, 0.3) is 0 Å². The minimum Gasteiger partial charge on any atom is -0.481 e. The van der Waals surface area contributed by atoms with Gasteiger partial charge in [-0.3, -0.25) is 4.79 Å². The van der Waals surface area contributed by atoms with Crippen LogP contribution in [0.5, 0.6) is 0 Å². The van der Waals surface area contributed by atoms with E-state index < -0.39 is 5.97 Å². The van der Waals surface area contributed by atoms with Gasteiger partial charge in [-0.25, -0.2) is 0 Å². The zero-order valence-corrected chi connectivity index (χ0v) is 13.4. The van der Waals surface area contributed by atoms with Crippen LogP contribution in [0.15, 0.2) is 18.2 Å². The minimum absolute atomic E-state index is 0.0148. The Hall–Kier alpha value is -0.770. The van der Waals surface area contributed by atoms with E-state index in [9.17, 15) is 9.90 Å². The predicted molar refractivity (Wildman–Crippen MR) is 83.8 cm³/mol. The molecule has 2 aliphatic rings. The molecule has 1 aromatic rings. The average molecular weight is 328 g/mol. The maximum Gasteiger partial charge on any atom is 0.308 e. The summed E-state index contributed by atoms with van der Waals surface area (Å²) in [6, 6.07) is 5.51. The predicted octanol–water partition coefficient (Wildman–Crippen LogP) is 4.14. The number of aliphatic carboxylic acids is 1. The zero-order chi connectivity index (χ0) is 15.1. The number of halogens is 2. The van der Waals surface area contributed by atoms with Crippen LogP contribution in [0.2, 0.25) is 10.0 Å². The van der Waals surface area contributed by atoms with Gasteiger partial charge in [-0.15, -0.1) is 0 Å². The fourth-order valence-electron chi connectivity index (χ4n) is 4.12. The van der Waals surface area contributed by atoms with Crippen LogP contribution in [0, 0.1) is 17.8 Å². The molecule has 0 radical (unpaired) electrons. The van der Waals surface area contributed by atoms with Gasteiger partial charge in [0.15, 0.2) is 0 Å².